The van der Waals surface area contributed by atoms with Crippen molar-refractivity contribution < 1.29 is 8.42 Å². The minimum Gasteiger partial charge on any atom is -0.207 e. The first-order valence-corrected chi connectivity index (χ1v) is 13.4. The molecule has 0 aromatic heterocycles. The van der Waals surface area contributed by atoms with Gasteiger partial charge in [-0.2, -0.15) is 0 Å². The van der Waals surface area contributed by atoms with Crippen LogP contribution < -0.4 is 4.72 Å². The molecule has 0 bridgehead atoms. The number of sulfonamides is 1. The van der Waals surface area contributed by atoms with Crippen LogP contribution in [0.15, 0.2) is 41.3 Å². The molecule has 1 atom stereocenters. The molecule has 0 spiro atoms. The van der Waals surface area contributed by atoms with E-state index in [-0.39, 0.29) is 16.1 Å². The van der Waals surface area contributed by atoms with Gasteiger partial charge in [0, 0.05) is 5.67 Å². The van der Waals surface area contributed by atoms with Crippen molar-refractivity contribution in [2.24, 2.45) is 5.41 Å². The monoisotopic (exact) mass is 381 g/mol. The summed E-state index contributed by atoms with van der Waals surface area (Å²) < 4.78 is 28.9. The predicted molar refractivity (Wildman–Crippen MR) is 111 cm³/mol. The lowest BCUT2D eigenvalue weighted by Crippen LogP contribution is -2.56. The highest BCUT2D eigenvalue weighted by molar-refractivity contribution is 7.89. The minimum atomic E-state index is -3.55. The van der Waals surface area contributed by atoms with Gasteiger partial charge in [-0.1, -0.05) is 84.5 Å². The molecule has 0 aliphatic carbocycles. The van der Waals surface area contributed by atoms with E-state index in [0.717, 1.165) is 5.56 Å². The lowest BCUT2D eigenvalue weighted by Gasteiger charge is -2.42. The van der Waals surface area contributed by atoms with Gasteiger partial charge in [0.1, 0.15) is 0 Å². The Morgan fingerprint density at radius 1 is 1.00 bits per heavy atom. The molecular weight excluding hydrogens is 346 g/mol. The number of benzene rings is 1. The van der Waals surface area contributed by atoms with Crippen LogP contribution in [0, 0.1) is 12.3 Å². The number of hydrogen-bond acceptors (Lipinski definition) is 2. The maximum atomic E-state index is 12.9. The molecular formula is C20H35NO2SSi. The fourth-order valence-electron chi connectivity index (χ4n) is 2.23. The van der Waals surface area contributed by atoms with E-state index in [4.69, 9.17) is 0 Å². The highest BCUT2D eigenvalue weighted by atomic mass is 32.2. The highest BCUT2D eigenvalue weighted by Crippen LogP contribution is 2.39. The van der Waals surface area contributed by atoms with E-state index in [1.54, 1.807) is 12.1 Å². The molecule has 0 heterocycles. The Balaban J connectivity index is 3.29. The molecule has 5 heteroatoms. The van der Waals surface area contributed by atoms with Crippen molar-refractivity contribution in [2.75, 3.05) is 0 Å². The molecule has 0 amide bonds. The minimum absolute atomic E-state index is 0.00984. The average molecular weight is 382 g/mol. The van der Waals surface area contributed by atoms with Crippen molar-refractivity contribution in [1.82, 2.24) is 4.72 Å². The number of allylic oxidation sites excluding steroid dienone is 1. The molecule has 0 fully saturated rings. The van der Waals surface area contributed by atoms with Gasteiger partial charge in [-0.05, 0) is 29.5 Å². The van der Waals surface area contributed by atoms with Crippen LogP contribution in [0.25, 0.3) is 0 Å². The standard InChI is InChI=1S/C20H35NO2SSi/c1-16-10-12-17(13-11-16)24(22,23)21-18(14-15-19(2,3)4)25(8,9)20(5,6)7/h10-15,18,21H,1-9H3/b15-14+/t18-/m1/s1. The SMILES string of the molecule is Cc1ccc(S(=O)(=O)N[C@@H](/C=C/C(C)(C)C)[Si](C)(C)C(C)(C)C)cc1. The zero-order valence-corrected chi connectivity index (χ0v) is 19.1. The third kappa shape index (κ3) is 6.08. The normalized spacial score (nSPS) is 15.6. The fraction of sp³-hybridized carbons (Fsp3) is 0.600. The molecule has 1 rings (SSSR count). The van der Waals surface area contributed by atoms with E-state index in [2.05, 4.69) is 71.5 Å². The second-order valence-electron chi connectivity index (χ2n) is 9.61. The molecule has 0 radical (unpaired) electrons. The zero-order valence-electron chi connectivity index (χ0n) is 17.3. The Labute approximate surface area is 156 Å². The molecule has 1 aromatic rings. The number of rotatable bonds is 5. The summed E-state index contributed by atoms with van der Waals surface area (Å²) >= 11 is 0. The predicted octanol–water partition coefficient (Wildman–Crippen LogP) is 5.29. The zero-order chi connectivity index (χ0) is 19.7. The molecule has 1 N–H and O–H groups in total. The fourth-order valence-corrected chi connectivity index (χ4v) is 6.43. The molecule has 0 saturated heterocycles. The summed E-state index contributed by atoms with van der Waals surface area (Å²) in [7, 11) is -5.52. The molecule has 25 heavy (non-hydrogen) atoms. The first kappa shape index (κ1) is 22.1. The Hall–Kier alpha value is -0.913. The van der Waals surface area contributed by atoms with E-state index in [0.29, 0.717) is 4.90 Å². The van der Waals surface area contributed by atoms with Crippen LogP contribution in [0.3, 0.4) is 0 Å². The van der Waals surface area contributed by atoms with Gasteiger partial charge in [0.2, 0.25) is 10.0 Å². The van der Waals surface area contributed by atoms with Crippen LogP contribution in [-0.2, 0) is 10.0 Å². The maximum Gasteiger partial charge on any atom is 0.240 e. The van der Waals surface area contributed by atoms with Crippen molar-refractivity contribution in [3.8, 4) is 0 Å². The van der Waals surface area contributed by atoms with E-state index in [9.17, 15) is 8.42 Å². The van der Waals surface area contributed by atoms with Crippen LogP contribution in [-0.4, -0.2) is 22.2 Å². The lowest BCUT2D eigenvalue weighted by molar-refractivity contribution is 0.539. The third-order valence-electron chi connectivity index (χ3n) is 5.11. The second-order valence-corrected chi connectivity index (χ2v) is 16.9. The van der Waals surface area contributed by atoms with Gasteiger partial charge in [0.15, 0.2) is 0 Å². The molecule has 0 unspecified atom stereocenters. The van der Waals surface area contributed by atoms with E-state index >= 15 is 0 Å². The van der Waals surface area contributed by atoms with Crippen LogP contribution in [0.1, 0.15) is 47.1 Å². The summed E-state index contributed by atoms with van der Waals surface area (Å²) in [5, 5.41) is 0.0652. The van der Waals surface area contributed by atoms with Gasteiger partial charge in [-0.25, -0.2) is 13.1 Å². The van der Waals surface area contributed by atoms with Gasteiger partial charge in [-0.3, -0.25) is 0 Å². The van der Waals surface area contributed by atoms with E-state index in [1.807, 2.05) is 19.1 Å². The largest absolute Gasteiger partial charge is 0.240 e. The van der Waals surface area contributed by atoms with Gasteiger partial charge >= 0.3 is 0 Å². The molecule has 142 valence electrons. The summed E-state index contributed by atoms with van der Waals surface area (Å²) in [6.45, 7) is 19.5. The van der Waals surface area contributed by atoms with Crippen LogP contribution >= 0.6 is 0 Å². The van der Waals surface area contributed by atoms with Crippen molar-refractivity contribution in [3.05, 3.63) is 42.0 Å². The number of aryl methyl sites for hydroxylation is 1. The third-order valence-corrected chi connectivity index (χ3v) is 12.5. The van der Waals surface area contributed by atoms with Crippen LogP contribution in [0.2, 0.25) is 18.1 Å². The first-order valence-electron chi connectivity index (χ1n) is 8.85. The van der Waals surface area contributed by atoms with Gasteiger partial charge in [0.25, 0.3) is 0 Å². The van der Waals surface area contributed by atoms with Crippen molar-refractivity contribution in [2.45, 2.75) is 77.2 Å². The Bertz CT molecular complexity index is 706. The summed E-state index contributed by atoms with van der Waals surface area (Å²) in [5.41, 5.74) is 0.890. The van der Waals surface area contributed by atoms with Crippen LogP contribution in [0.4, 0.5) is 0 Å². The molecule has 0 saturated carbocycles. The van der Waals surface area contributed by atoms with Crippen LogP contribution in [0.5, 0.6) is 0 Å². The quantitative estimate of drug-likeness (QED) is 0.556. The summed E-state index contributed by atoms with van der Waals surface area (Å²) in [4.78, 5) is 0.325. The average Bonchev–Trinajstić information content (AvgIpc) is 2.41. The van der Waals surface area contributed by atoms with E-state index < -0.39 is 18.1 Å². The van der Waals surface area contributed by atoms with Crippen molar-refractivity contribution >= 4 is 18.1 Å². The number of hydrogen-bond donors (Lipinski definition) is 1. The highest BCUT2D eigenvalue weighted by Gasteiger charge is 2.43. The van der Waals surface area contributed by atoms with Gasteiger partial charge in [-0.15, -0.1) is 0 Å². The van der Waals surface area contributed by atoms with Crippen molar-refractivity contribution in [1.29, 1.82) is 0 Å². The van der Waals surface area contributed by atoms with E-state index in [1.165, 1.54) is 0 Å². The Morgan fingerprint density at radius 3 is 1.88 bits per heavy atom. The Kier molecular flexibility index (Phi) is 6.53. The van der Waals surface area contributed by atoms with Crippen molar-refractivity contribution in [3.63, 3.8) is 0 Å². The maximum absolute atomic E-state index is 12.9. The van der Waals surface area contributed by atoms with Gasteiger partial charge in [0.05, 0.1) is 13.0 Å². The summed E-state index contributed by atoms with van der Waals surface area (Å²) in [5.74, 6) is 0. The Morgan fingerprint density at radius 2 is 1.48 bits per heavy atom. The smallest absolute Gasteiger partial charge is 0.207 e. The molecule has 3 nitrogen and oxygen atoms in total. The summed E-state index contributed by atoms with van der Waals surface area (Å²) in [6, 6.07) is 7.02. The first-order chi connectivity index (χ1) is 11.1. The second kappa shape index (κ2) is 7.37. The molecule has 0 aliphatic heterocycles. The molecule has 0 aliphatic rings. The molecule has 1 aromatic carbocycles. The number of nitrogens with one attached hydrogen (secondary N) is 1. The summed E-state index contributed by atoms with van der Waals surface area (Å²) in [6.07, 6.45) is 4.19. The topological polar surface area (TPSA) is 46.2 Å². The lowest BCUT2D eigenvalue weighted by atomic mass is 9.96. The van der Waals surface area contributed by atoms with Gasteiger partial charge < -0.3 is 0 Å².